The van der Waals surface area contributed by atoms with Crippen LogP contribution < -0.4 is 0 Å². The lowest BCUT2D eigenvalue weighted by atomic mass is 9.79. The van der Waals surface area contributed by atoms with E-state index in [9.17, 15) is 14.4 Å². The number of Topliss-reactive ketones (excluding diaryl/α,β-unsaturated/α-hetero) is 2. The molecule has 3 heteroatoms. The summed E-state index contributed by atoms with van der Waals surface area (Å²) in [6, 6.07) is 9.22. The lowest BCUT2D eigenvalue weighted by Gasteiger charge is -2.21. The van der Waals surface area contributed by atoms with E-state index in [0.29, 0.717) is 0 Å². The van der Waals surface area contributed by atoms with Gasteiger partial charge in [-0.05, 0) is 19.4 Å². The van der Waals surface area contributed by atoms with Crippen LogP contribution in [0.5, 0.6) is 0 Å². The molecule has 17 heavy (non-hydrogen) atoms. The number of hydrogen-bond acceptors (Lipinski definition) is 3. The molecule has 1 rings (SSSR count). The highest BCUT2D eigenvalue weighted by molar-refractivity contribution is 6.01. The zero-order valence-electron chi connectivity index (χ0n) is 10.1. The maximum atomic E-state index is 11.5. The third kappa shape index (κ3) is 3.34. The summed E-state index contributed by atoms with van der Waals surface area (Å²) in [6.07, 6.45) is 0.949. The first-order valence-corrected chi connectivity index (χ1v) is 5.57. The first kappa shape index (κ1) is 13.3. The summed E-state index contributed by atoms with van der Waals surface area (Å²) in [5.41, 5.74) is 0.856. The van der Waals surface area contributed by atoms with Gasteiger partial charge in [0.05, 0.1) is 5.92 Å². The monoisotopic (exact) mass is 232 g/mol. The Bertz CT molecular complexity index is 395. The van der Waals surface area contributed by atoms with Crippen molar-refractivity contribution in [2.75, 3.05) is 0 Å². The highest BCUT2D eigenvalue weighted by Crippen LogP contribution is 2.28. The minimum atomic E-state index is -0.720. The van der Waals surface area contributed by atoms with E-state index in [1.165, 1.54) is 13.8 Å². The molecular weight excluding hydrogens is 216 g/mol. The summed E-state index contributed by atoms with van der Waals surface area (Å²) in [5.74, 6) is -1.44. The number of carbonyl (C=O) groups is 3. The van der Waals surface area contributed by atoms with Gasteiger partial charge >= 0.3 is 0 Å². The van der Waals surface area contributed by atoms with Crippen molar-refractivity contribution in [2.24, 2.45) is 5.92 Å². The summed E-state index contributed by atoms with van der Waals surface area (Å²) >= 11 is 0. The molecular formula is C14H16O3. The van der Waals surface area contributed by atoms with Gasteiger partial charge in [-0.1, -0.05) is 30.3 Å². The molecule has 0 saturated heterocycles. The molecule has 0 saturated carbocycles. The second-order valence-electron chi connectivity index (χ2n) is 4.12. The Balaban J connectivity index is 3.11. The molecule has 0 N–H and O–H groups in total. The lowest BCUT2D eigenvalue weighted by Crippen LogP contribution is -2.27. The lowest BCUT2D eigenvalue weighted by molar-refractivity contribution is -0.131. The summed E-state index contributed by atoms with van der Waals surface area (Å²) in [5, 5.41) is 0. The molecule has 0 bridgehead atoms. The van der Waals surface area contributed by atoms with E-state index in [2.05, 4.69) is 0 Å². The average Bonchev–Trinajstić information content (AvgIpc) is 2.28. The summed E-state index contributed by atoms with van der Waals surface area (Å²) in [6.45, 7) is 2.79. The highest BCUT2D eigenvalue weighted by Gasteiger charge is 2.30. The van der Waals surface area contributed by atoms with Crippen molar-refractivity contribution in [3.8, 4) is 0 Å². The van der Waals surface area contributed by atoms with Gasteiger partial charge in [-0.2, -0.15) is 0 Å². The maximum Gasteiger partial charge on any atom is 0.140 e. The van der Waals surface area contributed by atoms with E-state index in [1.807, 2.05) is 30.3 Å². The van der Waals surface area contributed by atoms with Gasteiger partial charge in [0.1, 0.15) is 17.9 Å². The molecule has 90 valence electrons. The van der Waals surface area contributed by atoms with Crippen LogP contribution in [0.25, 0.3) is 0 Å². The Kier molecular flexibility index (Phi) is 4.76. The number of hydrogen-bond donors (Lipinski definition) is 0. The molecule has 0 amide bonds. The van der Waals surface area contributed by atoms with E-state index in [4.69, 9.17) is 0 Å². The third-order valence-corrected chi connectivity index (χ3v) is 2.86. The van der Waals surface area contributed by atoms with Crippen molar-refractivity contribution < 1.29 is 14.4 Å². The fourth-order valence-corrected chi connectivity index (χ4v) is 2.12. The topological polar surface area (TPSA) is 51.2 Å². The van der Waals surface area contributed by atoms with Gasteiger partial charge in [0.2, 0.25) is 0 Å². The molecule has 0 aliphatic carbocycles. The number of aldehydes is 1. The molecule has 0 radical (unpaired) electrons. The van der Waals surface area contributed by atoms with Crippen LogP contribution in [-0.2, 0) is 14.4 Å². The predicted octanol–water partition coefficient (Wildman–Crippen LogP) is 2.15. The standard InChI is InChI=1S/C14H16O3/c1-10(16)14(11(2)17)13(8-9-15)12-6-4-3-5-7-12/h3-7,9,13-14H,8H2,1-2H3. The minimum absolute atomic E-state index is 0.187. The van der Waals surface area contributed by atoms with Crippen LogP contribution in [-0.4, -0.2) is 17.9 Å². The molecule has 0 heterocycles. The van der Waals surface area contributed by atoms with Gasteiger partial charge in [-0.3, -0.25) is 9.59 Å². The Morgan fingerprint density at radius 3 is 2.06 bits per heavy atom. The number of ketones is 2. The Hall–Kier alpha value is -1.77. The molecule has 0 aliphatic heterocycles. The van der Waals surface area contributed by atoms with Crippen molar-refractivity contribution >= 4 is 17.9 Å². The molecule has 1 unspecified atom stereocenters. The average molecular weight is 232 g/mol. The van der Waals surface area contributed by atoms with Crippen LogP contribution >= 0.6 is 0 Å². The summed E-state index contributed by atoms with van der Waals surface area (Å²) < 4.78 is 0. The molecule has 3 nitrogen and oxygen atoms in total. The van der Waals surface area contributed by atoms with Gasteiger partial charge in [0, 0.05) is 12.3 Å². The molecule has 0 fully saturated rings. The Labute approximate surface area is 101 Å². The van der Waals surface area contributed by atoms with Crippen LogP contribution in [0.2, 0.25) is 0 Å². The third-order valence-electron chi connectivity index (χ3n) is 2.86. The van der Waals surface area contributed by atoms with E-state index in [0.717, 1.165) is 11.8 Å². The van der Waals surface area contributed by atoms with Gasteiger partial charge < -0.3 is 4.79 Å². The Morgan fingerprint density at radius 2 is 1.65 bits per heavy atom. The molecule has 1 atom stereocenters. The van der Waals surface area contributed by atoms with E-state index >= 15 is 0 Å². The van der Waals surface area contributed by atoms with E-state index in [1.54, 1.807) is 0 Å². The molecule has 0 spiro atoms. The summed E-state index contributed by atoms with van der Waals surface area (Å²) in [4.78, 5) is 33.8. The molecule has 1 aromatic rings. The zero-order valence-corrected chi connectivity index (χ0v) is 10.1. The maximum absolute atomic E-state index is 11.5. The zero-order chi connectivity index (χ0) is 12.8. The van der Waals surface area contributed by atoms with Crippen molar-refractivity contribution in [3.05, 3.63) is 35.9 Å². The number of rotatable bonds is 6. The van der Waals surface area contributed by atoms with Crippen molar-refractivity contribution in [3.63, 3.8) is 0 Å². The van der Waals surface area contributed by atoms with Crippen LogP contribution in [0.15, 0.2) is 30.3 Å². The molecule has 0 aromatic heterocycles. The van der Waals surface area contributed by atoms with Crippen LogP contribution in [0.3, 0.4) is 0 Å². The normalized spacial score (nSPS) is 12.2. The SMILES string of the molecule is CC(=O)C(C(C)=O)C(CC=O)c1ccccc1. The molecule has 0 aliphatic rings. The van der Waals surface area contributed by atoms with Gasteiger partial charge in [0.15, 0.2) is 0 Å². The highest BCUT2D eigenvalue weighted by atomic mass is 16.1. The first-order valence-electron chi connectivity index (χ1n) is 5.57. The second-order valence-corrected chi connectivity index (χ2v) is 4.12. The van der Waals surface area contributed by atoms with E-state index in [-0.39, 0.29) is 23.9 Å². The second kappa shape index (κ2) is 6.09. The quantitative estimate of drug-likeness (QED) is 0.558. The fraction of sp³-hybridized carbons (Fsp3) is 0.357. The van der Waals surface area contributed by atoms with Crippen LogP contribution in [0.4, 0.5) is 0 Å². The van der Waals surface area contributed by atoms with Crippen LogP contribution in [0, 0.1) is 5.92 Å². The van der Waals surface area contributed by atoms with Crippen LogP contribution in [0.1, 0.15) is 31.7 Å². The first-order chi connectivity index (χ1) is 8.07. The smallest absolute Gasteiger partial charge is 0.140 e. The van der Waals surface area contributed by atoms with Crippen molar-refractivity contribution in [1.82, 2.24) is 0 Å². The van der Waals surface area contributed by atoms with Gasteiger partial charge in [0.25, 0.3) is 0 Å². The molecule has 1 aromatic carbocycles. The van der Waals surface area contributed by atoms with Gasteiger partial charge in [-0.25, -0.2) is 0 Å². The Morgan fingerprint density at radius 1 is 1.12 bits per heavy atom. The number of benzene rings is 1. The van der Waals surface area contributed by atoms with Crippen molar-refractivity contribution in [2.45, 2.75) is 26.2 Å². The predicted molar refractivity (Wildman–Crippen MR) is 64.7 cm³/mol. The largest absolute Gasteiger partial charge is 0.303 e. The summed E-state index contributed by atoms with van der Waals surface area (Å²) in [7, 11) is 0. The van der Waals surface area contributed by atoms with E-state index < -0.39 is 5.92 Å². The fourth-order valence-electron chi connectivity index (χ4n) is 2.12. The van der Waals surface area contributed by atoms with Gasteiger partial charge in [-0.15, -0.1) is 0 Å². The van der Waals surface area contributed by atoms with Crippen molar-refractivity contribution in [1.29, 1.82) is 0 Å². The number of carbonyl (C=O) groups excluding carboxylic acids is 3. The minimum Gasteiger partial charge on any atom is -0.303 e.